The maximum absolute atomic E-state index is 10.7. The molecule has 6 nitrogen and oxygen atoms in total. The van der Waals surface area contributed by atoms with E-state index in [4.69, 9.17) is 0 Å². The number of thioether (sulfide) groups is 1. The van der Waals surface area contributed by atoms with Gasteiger partial charge < -0.3 is 0 Å². The van der Waals surface area contributed by atoms with E-state index in [1.165, 1.54) is 23.9 Å². The number of nitro groups is 1. The Bertz CT molecular complexity index is 664. The molecular formula is C14H14N4O2S. The smallest absolute Gasteiger partial charge is 0.258 e. The number of nitro benzene ring substituents is 1. The highest BCUT2D eigenvalue weighted by Gasteiger charge is 2.12. The zero-order valence-electron chi connectivity index (χ0n) is 11.3. The molecule has 0 unspecified atom stereocenters. The van der Waals surface area contributed by atoms with E-state index in [2.05, 4.69) is 23.2 Å². The summed E-state index contributed by atoms with van der Waals surface area (Å²) in [5.74, 6) is 1.27. The van der Waals surface area contributed by atoms with Gasteiger partial charge in [-0.25, -0.2) is 9.67 Å². The molecule has 21 heavy (non-hydrogen) atoms. The molecule has 0 bridgehead atoms. The summed E-state index contributed by atoms with van der Waals surface area (Å²) in [4.78, 5) is 14.7. The lowest BCUT2D eigenvalue weighted by Gasteiger charge is -1.99. The first-order chi connectivity index (χ1) is 10.2. The molecule has 0 fully saturated rings. The van der Waals surface area contributed by atoms with Crippen molar-refractivity contribution in [2.45, 2.75) is 11.7 Å². The predicted molar refractivity (Wildman–Crippen MR) is 83.2 cm³/mol. The highest BCUT2D eigenvalue weighted by atomic mass is 32.2. The van der Waals surface area contributed by atoms with E-state index in [9.17, 15) is 10.1 Å². The van der Waals surface area contributed by atoms with Gasteiger partial charge in [0.1, 0.15) is 0 Å². The van der Waals surface area contributed by atoms with Gasteiger partial charge in [-0.3, -0.25) is 10.1 Å². The van der Waals surface area contributed by atoms with Gasteiger partial charge in [0.25, 0.3) is 5.69 Å². The number of rotatable bonds is 7. The summed E-state index contributed by atoms with van der Waals surface area (Å²) in [6.07, 6.45) is 3.54. The minimum atomic E-state index is -0.432. The van der Waals surface area contributed by atoms with E-state index in [-0.39, 0.29) is 5.69 Å². The zero-order valence-corrected chi connectivity index (χ0v) is 12.1. The molecule has 0 radical (unpaired) electrons. The van der Waals surface area contributed by atoms with Crippen LogP contribution in [0.1, 0.15) is 0 Å². The van der Waals surface area contributed by atoms with Crippen molar-refractivity contribution < 1.29 is 4.92 Å². The number of nitrogens with zero attached hydrogens (tertiary/aromatic N) is 4. The second kappa shape index (κ2) is 6.85. The van der Waals surface area contributed by atoms with E-state index >= 15 is 0 Å². The number of hydrogen-bond donors (Lipinski definition) is 0. The van der Waals surface area contributed by atoms with Gasteiger partial charge >= 0.3 is 0 Å². The Morgan fingerprint density at radius 1 is 1.29 bits per heavy atom. The Balaban J connectivity index is 2.32. The van der Waals surface area contributed by atoms with Gasteiger partial charge in [0, 0.05) is 23.4 Å². The number of benzene rings is 1. The lowest BCUT2D eigenvalue weighted by atomic mass is 10.2. The normalized spacial score (nSPS) is 10.3. The van der Waals surface area contributed by atoms with Crippen molar-refractivity contribution in [1.82, 2.24) is 14.8 Å². The SMILES string of the molecule is C=CCSc1nc(-c2ccc([N+](=O)[O-])cc2)nn1CC=C. The van der Waals surface area contributed by atoms with Crippen molar-refractivity contribution >= 4 is 17.4 Å². The molecule has 0 aliphatic heterocycles. The van der Waals surface area contributed by atoms with Crippen molar-refractivity contribution in [3.05, 3.63) is 59.7 Å². The van der Waals surface area contributed by atoms with Crippen LogP contribution in [0.15, 0.2) is 54.7 Å². The average molecular weight is 302 g/mol. The van der Waals surface area contributed by atoms with Crippen LogP contribution >= 0.6 is 11.8 Å². The van der Waals surface area contributed by atoms with Gasteiger partial charge in [0.2, 0.25) is 0 Å². The lowest BCUT2D eigenvalue weighted by molar-refractivity contribution is -0.384. The third-order valence-corrected chi connectivity index (χ3v) is 3.57. The third kappa shape index (κ3) is 3.57. The summed E-state index contributed by atoms with van der Waals surface area (Å²) in [5.41, 5.74) is 0.786. The highest BCUT2D eigenvalue weighted by Crippen LogP contribution is 2.23. The molecule has 0 N–H and O–H groups in total. The van der Waals surface area contributed by atoms with E-state index in [1.54, 1.807) is 29.0 Å². The summed E-state index contributed by atoms with van der Waals surface area (Å²) in [6, 6.07) is 6.18. The van der Waals surface area contributed by atoms with Crippen molar-refractivity contribution in [2.24, 2.45) is 0 Å². The Labute approximate surface area is 126 Å². The van der Waals surface area contributed by atoms with Crippen LogP contribution in [-0.2, 0) is 6.54 Å². The lowest BCUT2D eigenvalue weighted by Crippen LogP contribution is -1.99. The fourth-order valence-corrected chi connectivity index (χ4v) is 2.35. The summed E-state index contributed by atoms with van der Waals surface area (Å²) in [6.45, 7) is 7.93. The van der Waals surface area contributed by atoms with Gasteiger partial charge in [0.05, 0.1) is 11.5 Å². The molecule has 1 aromatic heterocycles. The Kier molecular flexibility index (Phi) is 4.89. The predicted octanol–water partition coefficient (Wildman–Crippen LogP) is 3.32. The molecule has 0 atom stereocenters. The van der Waals surface area contributed by atoms with E-state index < -0.39 is 4.92 Å². The molecule has 0 aliphatic carbocycles. The second-order valence-electron chi connectivity index (χ2n) is 4.09. The zero-order chi connectivity index (χ0) is 15.2. The van der Waals surface area contributed by atoms with Gasteiger partial charge in [-0.2, -0.15) is 0 Å². The fraction of sp³-hybridized carbons (Fsp3) is 0.143. The number of allylic oxidation sites excluding steroid dienone is 1. The molecule has 0 aliphatic rings. The van der Waals surface area contributed by atoms with Gasteiger partial charge in [-0.05, 0) is 12.1 Å². The van der Waals surface area contributed by atoms with Crippen LogP contribution in [0.2, 0.25) is 0 Å². The van der Waals surface area contributed by atoms with Gasteiger partial charge in [-0.1, -0.05) is 23.9 Å². The molecule has 2 aromatic rings. The summed E-state index contributed by atoms with van der Waals surface area (Å²) in [7, 11) is 0. The average Bonchev–Trinajstić information content (AvgIpc) is 2.88. The van der Waals surface area contributed by atoms with E-state index in [1.807, 2.05) is 0 Å². The maximum atomic E-state index is 10.7. The largest absolute Gasteiger partial charge is 0.269 e. The van der Waals surface area contributed by atoms with Crippen LogP contribution in [0.3, 0.4) is 0 Å². The van der Waals surface area contributed by atoms with Gasteiger partial charge in [-0.15, -0.1) is 18.3 Å². The standard InChI is InChI=1S/C14H14N4O2S/c1-3-9-17-14(21-10-4-2)15-13(16-17)11-5-7-12(8-6-11)18(19)20/h3-8H,1-2,9-10H2. The van der Waals surface area contributed by atoms with Crippen molar-refractivity contribution in [2.75, 3.05) is 5.75 Å². The van der Waals surface area contributed by atoms with Crippen molar-refractivity contribution in [3.63, 3.8) is 0 Å². The molecule has 108 valence electrons. The van der Waals surface area contributed by atoms with Crippen LogP contribution < -0.4 is 0 Å². The first-order valence-electron chi connectivity index (χ1n) is 6.20. The fourth-order valence-electron chi connectivity index (χ4n) is 1.66. The van der Waals surface area contributed by atoms with Crippen LogP contribution in [0.4, 0.5) is 5.69 Å². The van der Waals surface area contributed by atoms with E-state index in [0.29, 0.717) is 12.4 Å². The van der Waals surface area contributed by atoms with Crippen LogP contribution in [-0.4, -0.2) is 25.4 Å². The number of non-ortho nitro benzene ring substituents is 1. The number of aromatic nitrogens is 3. The first-order valence-corrected chi connectivity index (χ1v) is 7.18. The molecule has 0 saturated heterocycles. The van der Waals surface area contributed by atoms with Crippen molar-refractivity contribution in [1.29, 1.82) is 0 Å². The van der Waals surface area contributed by atoms with Crippen molar-refractivity contribution in [3.8, 4) is 11.4 Å². The highest BCUT2D eigenvalue weighted by molar-refractivity contribution is 7.99. The number of hydrogen-bond acceptors (Lipinski definition) is 5. The minimum Gasteiger partial charge on any atom is -0.258 e. The summed E-state index contributed by atoms with van der Waals surface area (Å²) < 4.78 is 1.75. The molecule has 1 heterocycles. The molecule has 0 spiro atoms. The maximum Gasteiger partial charge on any atom is 0.269 e. The molecule has 2 rings (SSSR count). The molecule has 1 aromatic carbocycles. The topological polar surface area (TPSA) is 73.8 Å². The molecule has 0 amide bonds. The van der Waals surface area contributed by atoms with Crippen LogP contribution in [0.5, 0.6) is 0 Å². The molecule has 7 heteroatoms. The molecule has 0 saturated carbocycles. The Morgan fingerprint density at radius 3 is 2.57 bits per heavy atom. The third-order valence-electron chi connectivity index (χ3n) is 2.61. The minimum absolute atomic E-state index is 0.0468. The molecular weight excluding hydrogens is 288 g/mol. The van der Waals surface area contributed by atoms with E-state index in [0.717, 1.165) is 16.5 Å². The van der Waals surface area contributed by atoms with Crippen LogP contribution in [0.25, 0.3) is 11.4 Å². The van der Waals surface area contributed by atoms with Crippen LogP contribution in [0, 0.1) is 10.1 Å². The Morgan fingerprint density at radius 2 is 2.00 bits per heavy atom. The Hall–Kier alpha value is -2.41. The second-order valence-corrected chi connectivity index (χ2v) is 5.08. The monoisotopic (exact) mass is 302 g/mol. The summed E-state index contributed by atoms with van der Waals surface area (Å²) >= 11 is 1.53. The first kappa shape index (κ1) is 15.0. The van der Waals surface area contributed by atoms with Gasteiger partial charge in [0.15, 0.2) is 11.0 Å². The quantitative estimate of drug-likeness (QED) is 0.339. The summed E-state index contributed by atoms with van der Waals surface area (Å²) in [5, 5.41) is 15.8.